The zero-order chi connectivity index (χ0) is 17.4. The topological polar surface area (TPSA) is 98.9 Å². The van der Waals surface area contributed by atoms with Gasteiger partial charge in [0.15, 0.2) is 0 Å². The standard InChI is InChI=1S/C19H12N4O2/c20-9-10-21-14-5-1-3-12-11(14)7-8-16-17(12)23-18-13(19(24)25)4-2-6-15(18)22-16/h1-8,21H,10H2,(H,24,25). The van der Waals surface area contributed by atoms with E-state index < -0.39 is 5.97 Å². The fourth-order valence-corrected chi connectivity index (χ4v) is 2.98. The number of carbonyl (C=O) groups is 1. The SMILES string of the molecule is N#CCNc1cccc2c1ccc1nc3cccc(C(=O)O)c3nc12. The molecule has 0 unspecified atom stereocenters. The van der Waals surface area contributed by atoms with E-state index in [0.29, 0.717) is 22.1 Å². The maximum atomic E-state index is 11.5. The highest BCUT2D eigenvalue weighted by Crippen LogP contribution is 2.30. The first-order valence-electron chi connectivity index (χ1n) is 7.65. The van der Waals surface area contributed by atoms with Crippen molar-refractivity contribution in [1.82, 2.24) is 9.97 Å². The minimum absolute atomic E-state index is 0.127. The number of aromatic nitrogens is 2. The summed E-state index contributed by atoms with van der Waals surface area (Å²) in [7, 11) is 0. The third-order valence-electron chi connectivity index (χ3n) is 4.08. The number of fused-ring (bicyclic) bond motifs is 4. The first kappa shape index (κ1) is 14.8. The molecule has 0 aliphatic rings. The van der Waals surface area contributed by atoms with Crippen LogP contribution in [0.3, 0.4) is 0 Å². The lowest BCUT2D eigenvalue weighted by molar-refractivity contribution is 0.0699. The molecule has 0 atom stereocenters. The molecule has 1 aromatic heterocycles. The fourth-order valence-electron chi connectivity index (χ4n) is 2.98. The van der Waals surface area contributed by atoms with Gasteiger partial charge in [-0.2, -0.15) is 5.26 Å². The molecule has 6 heteroatoms. The fraction of sp³-hybridized carbons (Fsp3) is 0.0526. The quantitative estimate of drug-likeness (QED) is 0.339. The Morgan fingerprint density at radius 2 is 1.80 bits per heavy atom. The van der Waals surface area contributed by atoms with Crippen molar-refractivity contribution in [3.8, 4) is 6.07 Å². The summed E-state index contributed by atoms with van der Waals surface area (Å²) in [5.74, 6) is -1.03. The summed E-state index contributed by atoms with van der Waals surface area (Å²) in [5, 5.41) is 23.0. The van der Waals surface area contributed by atoms with E-state index in [0.717, 1.165) is 16.5 Å². The molecule has 0 amide bonds. The second-order valence-corrected chi connectivity index (χ2v) is 5.55. The molecule has 0 bridgehead atoms. The molecule has 2 N–H and O–H groups in total. The third kappa shape index (κ3) is 2.39. The molecule has 3 aromatic carbocycles. The highest BCUT2D eigenvalue weighted by Gasteiger charge is 2.13. The minimum atomic E-state index is -1.03. The van der Waals surface area contributed by atoms with Crippen molar-refractivity contribution in [1.29, 1.82) is 5.26 Å². The second kappa shape index (κ2) is 5.73. The molecule has 6 nitrogen and oxygen atoms in total. The first-order valence-corrected chi connectivity index (χ1v) is 7.65. The molecule has 0 saturated carbocycles. The van der Waals surface area contributed by atoms with Gasteiger partial charge in [0.1, 0.15) is 12.1 Å². The van der Waals surface area contributed by atoms with Gasteiger partial charge in [-0.15, -0.1) is 0 Å². The largest absolute Gasteiger partial charge is 0.478 e. The van der Waals surface area contributed by atoms with Gasteiger partial charge in [-0.3, -0.25) is 0 Å². The van der Waals surface area contributed by atoms with Crippen LogP contribution in [0.2, 0.25) is 0 Å². The molecule has 25 heavy (non-hydrogen) atoms. The van der Waals surface area contributed by atoms with E-state index in [2.05, 4.69) is 21.4 Å². The summed E-state index contributed by atoms with van der Waals surface area (Å²) in [6.07, 6.45) is 0. The van der Waals surface area contributed by atoms with Gasteiger partial charge in [0.05, 0.1) is 28.2 Å². The molecule has 4 rings (SSSR count). The predicted octanol–water partition coefficient (Wildman–Crippen LogP) is 3.57. The number of nitrogens with one attached hydrogen (secondary N) is 1. The molecule has 120 valence electrons. The first-order chi connectivity index (χ1) is 12.2. The lowest BCUT2D eigenvalue weighted by Crippen LogP contribution is -2.01. The molecule has 0 aliphatic heterocycles. The van der Waals surface area contributed by atoms with Gasteiger partial charge < -0.3 is 10.4 Å². The molecule has 0 fully saturated rings. The van der Waals surface area contributed by atoms with E-state index in [4.69, 9.17) is 5.26 Å². The summed E-state index contributed by atoms with van der Waals surface area (Å²) in [4.78, 5) is 20.7. The Morgan fingerprint density at radius 1 is 1.00 bits per heavy atom. The maximum absolute atomic E-state index is 11.5. The number of nitrogens with zero attached hydrogens (tertiary/aromatic N) is 3. The van der Waals surface area contributed by atoms with Crippen LogP contribution in [-0.2, 0) is 0 Å². The van der Waals surface area contributed by atoms with Crippen molar-refractivity contribution in [2.24, 2.45) is 0 Å². The van der Waals surface area contributed by atoms with Gasteiger partial charge >= 0.3 is 5.97 Å². The maximum Gasteiger partial charge on any atom is 0.337 e. The van der Waals surface area contributed by atoms with Gasteiger partial charge in [0, 0.05) is 16.5 Å². The number of hydrogen-bond donors (Lipinski definition) is 2. The van der Waals surface area contributed by atoms with Crippen molar-refractivity contribution in [2.75, 3.05) is 11.9 Å². The van der Waals surface area contributed by atoms with Crippen molar-refractivity contribution < 1.29 is 9.90 Å². The molecule has 0 spiro atoms. The van der Waals surface area contributed by atoms with Gasteiger partial charge in [-0.1, -0.05) is 18.2 Å². The number of rotatable bonds is 3. The molecule has 4 aromatic rings. The van der Waals surface area contributed by atoms with Crippen LogP contribution in [0.1, 0.15) is 10.4 Å². The van der Waals surface area contributed by atoms with Crippen LogP contribution >= 0.6 is 0 Å². The summed E-state index contributed by atoms with van der Waals surface area (Å²) >= 11 is 0. The number of carboxylic acid groups (broad SMARTS) is 1. The number of anilines is 1. The van der Waals surface area contributed by atoms with E-state index >= 15 is 0 Å². The molecular weight excluding hydrogens is 316 g/mol. The Morgan fingerprint density at radius 3 is 2.60 bits per heavy atom. The predicted molar refractivity (Wildman–Crippen MR) is 95.6 cm³/mol. The Bertz CT molecular complexity index is 1190. The number of para-hydroxylation sites is 1. The van der Waals surface area contributed by atoms with Crippen LogP contribution in [0.25, 0.3) is 32.8 Å². The van der Waals surface area contributed by atoms with E-state index in [1.807, 2.05) is 30.3 Å². The van der Waals surface area contributed by atoms with Crippen molar-refractivity contribution >= 4 is 44.5 Å². The number of hydrogen-bond acceptors (Lipinski definition) is 5. The van der Waals surface area contributed by atoms with Gasteiger partial charge in [0.25, 0.3) is 0 Å². The van der Waals surface area contributed by atoms with Crippen LogP contribution in [-0.4, -0.2) is 27.6 Å². The summed E-state index contributed by atoms with van der Waals surface area (Å²) in [6.45, 7) is 0.198. The normalized spacial score (nSPS) is 10.8. The number of aromatic carboxylic acids is 1. The molecule has 0 radical (unpaired) electrons. The lowest BCUT2D eigenvalue weighted by Gasteiger charge is -2.10. The van der Waals surface area contributed by atoms with Crippen LogP contribution in [0, 0.1) is 11.3 Å². The highest BCUT2D eigenvalue weighted by molar-refractivity contribution is 6.11. The molecule has 0 aliphatic carbocycles. The van der Waals surface area contributed by atoms with Crippen molar-refractivity contribution in [2.45, 2.75) is 0 Å². The van der Waals surface area contributed by atoms with Crippen LogP contribution < -0.4 is 5.32 Å². The number of nitriles is 1. The van der Waals surface area contributed by atoms with Crippen LogP contribution in [0.15, 0.2) is 48.5 Å². The average Bonchev–Trinajstić information content (AvgIpc) is 2.63. The zero-order valence-corrected chi connectivity index (χ0v) is 13.0. The average molecular weight is 328 g/mol. The zero-order valence-electron chi connectivity index (χ0n) is 13.0. The second-order valence-electron chi connectivity index (χ2n) is 5.55. The van der Waals surface area contributed by atoms with E-state index in [1.54, 1.807) is 12.1 Å². The Balaban J connectivity index is 2.08. The van der Waals surface area contributed by atoms with Gasteiger partial charge in [-0.05, 0) is 30.3 Å². The van der Waals surface area contributed by atoms with Crippen LogP contribution in [0.5, 0.6) is 0 Å². The van der Waals surface area contributed by atoms with E-state index in [9.17, 15) is 9.90 Å². The van der Waals surface area contributed by atoms with E-state index in [1.165, 1.54) is 6.07 Å². The van der Waals surface area contributed by atoms with Crippen molar-refractivity contribution in [3.05, 3.63) is 54.1 Å². The van der Waals surface area contributed by atoms with Crippen molar-refractivity contribution in [3.63, 3.8) is 0 Å². The Labute approximate surface area is 142 Å². The summed E-state index contributed by atoms with van der Waals surface area (Å²) in [6, 6.07) is 16.5. The van der Waals surface area contributed by atoms with Crippen LogP contribution in [0.4, 0.5) is 5.69 Å². The monoisotopic (exact) mass is 328 g/mol. The third-order valence-corrected chi connectivity index (χ3v) is 4.08. The Hall–Kier alpha value is -3.72. The molecular formula is C19H12N4O2. The number of carboxylic acids is 1. The smallest absolute Gasteiger partial charge is 0.337 e. The Kier molecular flexibility index (Phi) is 3.40. The van der Waals surface area contributed by atoms with Gasteiger partial charge in [-0.25, -0.2) is 14.8 Å². The van der Waals surface area contributed by atoms with Gasteiger partial charge in [0.2, 0.25) is 0 Å². The lowest BCUT2D eigenvalue weighted by atomic mass is 10.1. The molecule has 1 heterocycles. The minimum Gasteiger partial charge on any atom is -0.478 e. The highest BCUT2D eigenvalue weighted by atomic mass is 16.4. The summed E-state index contributed by atoms with van der Waals surface area (Å²) < 4.78 is 0. The van der Waals surface area contributed by atoms with E-state index in [-0.39, 0.29) is 12.1 Å². The molecule has 0 saturated heterocycles. The summed E-state index contributed by atoms with van der Waals surface area (Å²) in [5.41, 5.74) is 3.20. The number of benzene rings is 3.